The lowest BCUT2D eigenvalue weighted by molar-refractivity contribution is -0.158. The number of esters is 1. The Bertz CT molecular complexity index is 339. The van der Waals surface area contributed by atoms with Gasteiger partial charge in [-0.1, -0.05) is 18.2 Å². The molecule has 0 aliphatic carbocycles. The summed E-state index contributed by atoms with van der Waals surface area (Å²) in [5.41, 5.74) is 0. The molecule has 0 amide bonds. The summed E-state index contributed by atoms with van der Waals surface area (Å²) in [5.74, 6) is 0.129. The van der Waals surface area contributed by atoms with Crippen molar-refractivity contribution in [3.05, 3.63) is 30.3 Å². The third kappa shape index (κ3) is 2.34. The number of hydrogen-bond donors (Lipinski definition) is 1. The molecule has 1 aromatic carbocycles. The lowest BCUT2D eigenvalue weighted by atomic mass is 10.2. The minimum atomic E-state index is -0.509. The van der Waals surface area contributed by atoms with Gasteiger partial charge in [0.05, 0.1) is 0 Å². The normalized spacial score (nSPS) is 21.5. The van der Waals surface area contributed by atoms with Crippen molar-refractivity contribution in [2.75, 3.05) is 6.54 Å². The zero-order chi connectivity index (χ0) is 10.7. The van der Waals surface area contributed by atoms with Crippen molar-refractivity contribution in [3.63, 3.8) is 0 Å². The first-order valence-corrected chi connectivity index (χ1v) is 4.99. The highest BCUT2D eigenvalue weighted by Crippen LogP contribution is 2.17. The first-order valence-electron chi connectivity index (χ1n) is 4.99. The van der Waals surface area contributed by atoms with Gasteiger partial charge in [0.15, 0.2) is 0 Å². The van der Waals surface area contributed by atoms with Gasteiger partial charge in [-0.2, -0.15) is 5.06 Å². The summed E-state index contributed by atoms with van der Waals surface area (Å²) in [5, 5.41) is 10.4. The van der Waals surface area contributed by atoms with Gasteiger partial charge in [0, 0.05) is 6.54 Å². The number of carbonyl (C=O) groups excluding carboxylic acids is 1. The second-order valence-electron chi connectivity index (χ2n) is 3.56. The van der Waals surface area contributed by atoms with E-state index in [9.17, 15) is 10.0 Å². The minimum absolute atomic E-state index is 0.388. The van der Waals surface area contributed by atoms with Gasteiger partial charge < -0.3 is 9.94 Å². The summed E-state index contributed by atoms with van der Waals surface area (Å²) < 4.78 is 5.13. The van der Waals surface area contributed by atoms with Crippen LogP contribution < -0.4 is 4.74 Å². The molecule has 0 aromatic heterocycles. The van der Waals surface area contributed by atoms with Crippen LogP contribution in [0, 0.1) is 0 Å². The second-order valence-corrected chi connectivity index (χ2v) is 3.56. The molecule has 4 heteroatoms. The van der Waals surface area contributed by atoms with Gasteiger partial charge in [-0.25, -0.2) is 4.79 Å². The Morgan fingerprint density at radius 2 is 2.13 bits per heavy atom. The molecule has 1 aliphatic rings. The first-order chi connectivity index (χ1) is 7.27. The molecule has 0 spiro atoms. The van der Waals surface area contributed by atoms with Gasteiger partial charge in [-0.3, -0.25) is 0 Å². The molecule has 1 aliphatic heterocycles. The molecule has 0 bridgehead atoms. The molecule has 15 heavy (non-hydrogen) atoms. The number of nitrogens with zero attached hydrogens (tertiary/aromatic N) is 1. The van der Waals surface area contributed by atoms with Crippen LogP contribution in [0.15, 0.2) is 30.3 Å². The molecule has 80 valence electrons. The van der Waals surface area contributed by atoms with Crippen LogP contribution in [0.3, 0.4) is 0 Å². The van der Waals surface area contributed by atoms with Gasteiger partial charge >= 0.3 is 5.97 Å². The topological polar surface area (TPSA) is 49.8 Å². The summed E-state index contributed by atoms with van der Waals surface area (Å²) in [6.45, 7) is 0.536. The van der Waals surface area contributed by atoms with Gasteiger partial charge in [-0.05, 0) is 25.0 Å². The quantitative estimate of drug-likeness (QED) is 0.589. The van der Waals surface area contributed by atoms with Crippen LogP contribution in [0.5, 0.6) is 5.75 Å². The molecule has 1 N–H and O–H groups in total. The molecule has 0 radical (unpaired) electrons. The van der Waals surface area contributed by atoms with Crippen LogP contribution in [0.25, 0.3) is 0 Å². The largest absolute Gasteiger partial charge is 0.425 e. The predicted octanol–water partition coefficient (Wildman–Crippen LogP) is 1.45. The molecule has 1 unspecified atom stereocenters. The Kier molecular flexibility index (Phi) is 2.99. The molecular weight excluding hydrogens is 194 g/mol. The maximum atomic E-state index is 11.6. The standard InChI is InChI=1S/C11H13NO3/c13-11(10-7-4-8-12(10)14)15-9-5-2-1-3-6-9/h1-3,5-6,10,14H,4,7-8H2. The molecule has 2 rings (SSSR count). The molecule has 1 saturated heterocycles. The molecule has 4 nitrogen and oxygen atoms in total. The Balaban J connectivity index is 1.98. The fraction of sp³-hybridized carbons (Fsp3) is 0.364. The molecule has 1 aromatic rings. The molecular formula is C11H13NO3. The second kappa shape index (κ2) is 4.42. The zero-order valence-electron chi connectivity index (χ0n) is 8.30. The average Bonchev–Trinajstić information content (AvgIpc) is 2.66. The summed E-state index contributed by atoms with van der Waals surface area (Å²) in [7, 11) is 0. The number of para-hydroxylation sites is 1. The van der Waals surface area contributed by atoms with Crippen LogP contribution >= 0.6 is 0 Å². The Labute approximate surface area is 88.0 Å². The summed E-state index contributed by atoms with van der Waals surface area (Å²) in [6.07, 6.45) is 1.48. The van der Waals surface area contributed by atoms with Crippen LogP contribution in [0.2, 0.25) is 0 Å². The highest BCUT2D eigenvalue weighted by molar-refractivity contribution is 5.78. The van der Waals surface area contributed by atoms with Gasteiger partial charge in [0.25, 0.3) is 0 Å². The Morgan fingerprint density at radius 3 is 2.73 bits per heavy atom. The van der Waals surface area contributed by atoms with E-state index in [4.69, 9.17) is 4.74 Å². The van der Waals surface area contributed by atoms with E-state index in [1.165, 1.54) is 0 Å². The average molecular weight is 207 g/mol. The van der Waals surface area contributed by atoms with E-state index in [0.717, 1.165) is 11.5 Å². The Hall–Kier alpha value is -1.39. The van der Waals surface area contributed by atoms with Crippen molar-refractivity contribution < 1.29 is 14.7 Å². The summed E-state index contributed by atoms with van der Waals surface area (Å²) in [4.78, 5) is 11.6. The first kappa shape index (κ1) is 10.1. The van der Waals surface area contributed by atoms with E-state index in [1.54, 1.807) is 24.3 Å². The van der Waals surface area contributed by atoms with Gasteiger partial charge in [-0.15, -0.1) is 0 Å². The molecule has 1 atom stereocenters. The fourth-order valence-electron chi connectivity index (χ4n) is 1.66. The maximum absolute atomic E-state index is 11.6. The third-order valence-corrected chi connectivity index (χ3v) is 2.46. The number of carbonyl (C=O) groups is 1. The van der Waals surface area contributed by atoms with E-state index in [2.05, 4.69) is 0 Å². The Morgan fingerprint density at radius 1 is 1.40 bits per heavy atom. The summed E-state index contributed by atoms with van der Waals surface area (Å²) >= 11 is 0. The van der Waals surface area contributed by atoms with Crippen molar-refractivity contribution in [1.29, 1.82) is 0 Å². The van der Waals surface area contributed by atoms with Crippen LogP contribution in [-0.2, 0) is 4.79 Å². The van der Waals surface area contributed by atoms with E-state index >= 15 is 0 Å². The van der Waals surface area contributed by atoms with Crippen molar-refractivity contribution in [2.24, 2.45) is 0 Å². The molecule has 1 heterocycles. The number of hydroxylamine groups is 2. The van der Waals surface area contributed by atoms with Gasteiger partial charge in [0.2, 0.25) is 0 Å². The van der Waals surface area contributed by atoms with Crippen molar-refractivity contribution in [1.82, 2.24) is 5.06 Å². The van der Waals surface area contributed by atoms with Crippen molar-refractivity contribution >= 4 is 5.97 Å². The SMILES string of the molecule is O=C(Oc1ccccc1)C1CCCN1O. The number of ether oxygens (including phenoxy) is 1. The molecule has 1 fully saturated rings. The van der Waals surface area contributed by atoms with E-state index in [0.29, 0.717) is 18.7 Å². The van der Waals surface area contributed by atoms with Crippen LogP contribution in [0.1, 0.15) is 12.8 Å². The lowest BCUT2D eigenvalue weighted by Gasteiger charge is -2.15. The maximum Gasteiger partial charge on any atom is 0.331 e. The number of hydrogen-bond acceptors (Lipinski definition) is 4. The highest BCUT2D eigenvalue weighted by atomic mass is 16.6. The van der Waals surface area contributed by atoms with E-state index in [-0.39, 0.29) is 5.97 Å². The molecule has 0 saturated carbocycles. The summed E-state index contributed by atoms with van der Waals surface area (Å²) in [6, 6.07) is 8.38. The van der Waals surface area contributed by atoms with Crippen molar-refractivity contribution in [3.8, 4) is 5.75 Å². The lowest BCUT2D eigenvalue weighted by Crippen LogP contribution is -2.36. The monoisotopic (exact) mass is 207 g/mol. The van der Waals surface area contributed by atoms with Crippen LogP contribution in [-0.4, -0.2) is 28.8 Å². The number of rotatable bonds is 2. The fourth-order valence-corrected chi connectivity index (χ4v) is 1.66. The van der Waals surface area contributed by atoms with E-state index < -0.39 is 6.04 Å². The smallest absolute Gasteiger partial charge is 0.331 e. The zero-order valence-corrected chi connectivity index (χ0v) is 8.30. The van der Waals surface area contributed by atoms with Crippen molar-refractivity contribution in [2.45, 2.75) is 18.9 Å². The number of benzene rings is 1. The minimum Gasteiger partial charge on any atom is -0.425 e. The third-order valence-electron chi connectivity index (χ3n) is 2.46. The highest BCUT2D eigenvalue weighted by Gasteiger charge is 2.31. The van der Waals surface area contributed by atoms with Gasteiger partial charge in [0.1, 0.15) is 11.8 Å². The van der Waals surface area contributed by atoms with Crippen LogP contribution in [0.4, 0.5) is 0 Å². The predicted molar refractivity (Wildman–Crippen MR) is 53.6 cm³/mol. The van der Waals surface area contributed by atoms with E-state index in [1.807, 2.05) is 6.07 Å².